The Hall–Kier alpha value is -1.98. The van der Waals surface area contributed by atoms with Gasteiger partial charge in [-0.3, -0.25) is 20.0 Å². The van der Waals surface area contributed by atoms with Gasteiger partial charge in [-0.05, 0) is 32.1 Å². The highest BCUT2D eigenvalue weighted by molar-refractivity contribution is 7.98. The fraction of sp³-hybridized carbons (Fsp3) is 0.588. The largest absolute Gasteiger partial charge is 0.464 e. The topological polar surface area (TPSA) is 83.9 Å². The van der Waals surface area contributed by atoms with Crippen molar-refractivity contribution < 1.29 is 9.34 Å². The zero-order valence-electron chi connectivity index (χ0n) is 15.1. The molecule has 7 nitrogen and oxygen atoms in total. The molecule has 0 radical (unpaired) electrons. The first-order valence-corrected chi connectivity index (χ1v) is 9.28. The number of terminal acetylenes is 1. The molecule has 0 aliphatic carbocycles. The Bertz CT molecular complexity index is 622. The number of thioether (sulfide) groups is 1. The Morgan fingerprint density at radius 2 is 2.36 bits per heavy atom. The highest BCUT2D eigenvalue weighted by atomic mass is 32.2. The van der Waals surface area contributed by atoms with Crippen LogP contribution in [-0.2, 0) is 12.3 Å². The number of aryl methyl sites for hydroxylation is 1. The minimum Gasteiger partial charge on any atom is -0.464 e. The van der Waals surface area contributed by atoms with Crippen LogP contribution in [0.1, 0.15) is 24.0 Å². The van der Waals surface area contributed by atoms with Gasteiger partial charge in [-0.25, -0.2) is 0 Å². The van der Waals surface area contributed by atoms with Crippen LogP contribution in [0.15, 0.2) is 15.5 Å². The molecule has 0 amide bonds. The molecule has 25 heavy (non-hydrogen) atoms. The third-order valence-corrected chi connectivity index (χ3v) is 4.42. The molecule has 1 N–H and O–H groups in total. The maximum Gasteiger partial charge on any atom is 0.259 e. The second-order valence-corrected chi connectivity index (χ2v) is 6.68. The predicted molar refractivity (Wildman–Crippen MR) is 103 cm³/mol. The molecule has 1 rings (SSSR count). The summed E-state index contributed by atoms with van der Waals surface area (Å²) >= 11 is 1.69. The van der Waals surface area contributed by atoms with Crippen molar-refractivity contribution in [1.82, 2.24) is 10.2 Å². The quantitative estimate of drug-likeness (QED) is 0.161. The van der Waals surface area contributed by atoms with Crippen molar-refractivity contribution >= 4 is 17.6 Å². The van der Waals surface area contributed by atoms with Crippen molar-refractivity contribution in [3.05, 3.63) is 33.3 Å². The van der Waals surface area contributed by atoms with Crippen LogP contribution in [0.3, 0.4) is 0 Å². The molecule has 1 aromatic rings. The van der Waals surface area contributed by atoms with Gasteiger partial charge < -0.3 is 9.73 Å². The van der Waals surface area contributed by atoms with Crippen LogP contribution in [0, 0.1) is 29.4 Å². The van der Waals surface area contributed by atoms with Gasteiger partial charge in [-0.1, -0.05) is 12.8 Å². The second kappa shape index (κ2) is 11.6. The smallest absolute Gasteiger partial charge is 0.259 e. The normalized spacial score (nSPS) is 11.6. The van der Waals surface area contributed by atoms with E-state index in [0.717, 1.165) is 41.7 Å². The third-order valence-electron chi connectivity index (χ3n) is 3.48. The van der Waals surface area contributed by atoms with Crippen LogP contribution >= 0.6 is 11.8 Å². The van der Waals surface area contributed by atoms with Gasteiger partial charge in [0.25, 0.3) is 6.54 Å². The van der Waals surface area contributed by atoms with Crippen molar-refractivity contribution in [3.63, 3.8) is 0 Å². The van der Waals surface area contributed by atoms with E-state index in [2.05, 4.69) is 41.2 Å². The summed E-state index contributed by atoms with van der Waals surface area (Å²) in [5.41, 5.74) is 1.15. The molecule has 0 spiro atoms. The fourth-order valence-corrected chi connectivity index (χ4v) is 2.87. The Morgan fingerprint density at radius 3 is 3.00 bits per heavy atom. The summed E-state index contributed by atoms with van der Waals surface area (Å²) in [5.74, 6) is 6.17. The van der Waals surface area contributed by atoms with E-state index in [1.807, 2.05) is 6.92 Å². The van der Waals surface area contributed by atoms with E-state index in [1.165, 1.54) is 0 Å². The Balaban J connectivity index is 2.42. The maximum absolute atomic E-state index is 10.6. The molecule has 0 saturated carbocycles. The lowest BCUT2D eigenvalue weighted by Crippen LogP contribution is -2.31. The minimum atomic E-state index is -0.420. The van der Waals surface area contributed by atoms with Gasteiger partial charge in [-0.15, -0.1) is 6.42 Å². The molecular weight excluding hydrogens is 340 g/mol. The van der Waals surface area contributed by atoms with Crippen LogP contribution in [0.5, 0.6) is 0 Å². The molecule has 1 heterocycles. The number of rotatable bonds is 11. The van der Waals surface area contributed by atoms with Crippen LogP contribution in [0.2, 0.25) is 0 Å². The number of nitrogens with one attached hydrogen (secondary N) is 1. The molecule has 138 valence electrons. The molecule has 0 atom stereocenters. The first-order chi connectivity index (χ1) is 12.0. The Kier molecular flexibility index (Phi) is 9.73. The zero-order valence-corrected chi connectivity index (χ0v) is 15.9. The average Bonchev–Trinajstić information content (AvgIpc) is 2.90. The Morgan fingerprint density at radius 1 is 1.60 bits per heavy atom. The number of aliphatic imine (C=N–C) groups is 1. The number of hydrogen-bond donors (Lipinski definition) is 1. The molecule has 0 unspecified atom stereocenters. The van der Waals surface area contributed by atoms with E-state index in [0.29, 0.717) is 12.4 Å². The molecule has 0 aliphatic rings. The van der Waals surface area contributed by atoms with Gasteiger partial charge in [0.05, 0.1) is 25.4 Å². The second-order valence-electron chi connectivity index (χ2n) is 5.58. The van der Waals surface area contributed by atoms with Gasteiger partial charge >= 0.3 is 0 Å². The minimum absolute atomic E-state index is 0.236. The average molecular weight is 366 g/mol. The van der Waals surface area contributed by atoms with E-state index in [-0.39, 0.29) is 13.1 Å². The number of hydrogen-bond acceptors (Lipinski definition) is 6. The summed E-state index contributed by atoms with van der Waals surface area (Å²) in [6, 6.07) is 2.08. The van der Waals surface area contributed by atoms with Crippen LogP contribution in [0.25, 0.3) is 0 Å². The van der Waals surface area contributed by atoms with Crippen LogP contribution in [0.4, 0.5) is 0 Å². The summed E-state index contributed by atoms with van der Waals surface area (Å²) in [6.45, 7) is 6.33. The third kappa shape index (κ3) is 8.61. The van der Waals surface area contributed by atoms with E-state index >= 15 is 0 Å². The van der Waals surface area contributed by atoms with Crippen molar-refractivity contribution in [3.8, 4) is 12.3 Å². The summed E-state index contributed by atoms with van der Waals surface area (Å²) in [5, 5.41) is 13.4. The van der Waals surface area contributed by atoms with Gasteiger partial charge in [0.2, 0.25) is 0 Å². The summed E-state index contributed by atoms with van der Waals surface area (Å²) in [4.78, 5) is 16.6. The number of furan rings is 1. The number of amidine groups is 1. The fourth-order valence-electron chi connectivity index (χ4n) is 2.04. The molecule has 0 aliphatic heterocycles. The Labute approximate surface area is 153 Å². The van der Waals surface area contributed by atoms with Gasteiger partial charge in [-0.2, -0.15) is 11.8 Å². The van der Waals surface area contributed by atoms with Crippen molar-refractivity contribution in [2.75, 3.05) is 39.0 Å². The van der Waals surface area contributed by atoms with Crippen molar-refractivity contribution in [2.24, 2.45) is 4.99 Å². The predicted octanol–water partition coefficient (Wildman–Crippen LogP) is 2.17. The molecule has 0 fully saturated rings. The van der Waals surface area contributed by atoms with Crippen molar-refractivity contribution in [2.45, 2.75) is 26.1 Å². The van der Waals surface area contributed by atoms with Gasteiger partial charge in [0, 0.05) is 10.7 Å². The monoisotopic (exact) mass is 366 g/mol. The molecule has 0 bridgehead atoms. The first-order valence-electron chi connectivity index (χ1n) is 8.13. The summed E-state index contributed by atoms with van der Waals surface area (Å²) in [6.07, 6.45) is 5.15. The molecule has 1 aromatic heterocycles. The van der Waals surface area contributed by atoms with Gasteiger partial charge in [0.15, 0.2) is 5.84 Å². The highest BCUT2D eigenvalue weighted by Crippen LogP contribution is 2.21. The highest BCUT2D eigenvalue weighted by Gasteiger charge is 2.09. The molecule has 0 saturated heterocycles. The molecule has 0 aromatic carbocycles. The number of nitrogens with zero attached hydrogens (tertiary/aromatic N) is 3. The SMILES string of the molecule is C#CCNC(C[N+](=O)[O-])=NCCSCc1oc(CN(C)CC)cc1C. The van der Waals surface area contributed by atoms with Crippen LogP contribution in [-0.4, -0.2) is 54.6 Å². The van der Waals surface area contributed by atoms with E-state index in [9.17, 15) is 10.1 Å². The lowest BCUT2D eigenvalue weighted by atomic mass is 10.3. The zero-order chi connectivity index (χ0) is 18.7. The summed E-state index contributed by atoms with van der Waals surface area (Å²) < 4.78 is 5.90. The van der Waals surface area contributed by atoms with Gasteiger partial charge in [0.1, 0.15) is 11.5 Å². The van der Waals surface area contributed by atoms with Crippen molar-refractivity contribution in [1.29, 1.82) is 0 Å². The standard InChI is InChI=1S/C17H26N4O3S/c1-5-7-18-17(12-21(22)23)19-8-9-25-13-16-14(3)10-15(24-16)11-20(4)6-2/h1,10H,6-9,11-13H2,2-4H3,(H,18,19). The molecular formula is C17H26N4O3S. The summed E-state index contributed by atoms with van der Waals surface area (Å²) in [7, 11) is 2.06. The number of nitro groups is 1. The van der Waals surface area contributed by atoms with E-state index in [1.54, 1.807) is 11.8 Å². The first kappa shape index (κ1) is 21.1. The van der Waals surface area contributed by atoms with E-state index in [4.69, 9.17) is 10.8 Å². The van der Waals surface area contributed by atoms with Crippen LogP contribution < -0.4 is 5.32 Å². The van der Waals surface area contributed by atoms with E-state index < -0.39 is 4.92 Å². The lowest BCUT2D eigenvalue weighted by molar-refractivity contribution is -0.463. The lowest BCUT2D eigenvalue weighted by Gasteiger charge is -2.10. The molecule has 8 heteroatoms. The maximum atomic E-state index is 10.6.